The molecule has 0 unspecified atom stereocenters. The summed E-state index contributed by atoms with van der Waals surface area (Å²) in [5, 5.41) is 13.4. The molecule has 1 aliphatic rings. The zero-order chi connectivity index (χ0) is 28.7. The molecule has 1 saturated heterocycles. The van der Waals surface area contributed by atoms with E-state index >= 15 is 0 Å². The van der Waals surface area contributed by atoms with Crippen LogP contribution in [-0.4, -0.2) is 52.7 Å². The van der Waals surface area contributed by atoms with Gasteiger partial charge in [0.15, 0.2) is 6.54 Å². The Labute approximate surface area is 238 Å². The number of hydrogen-bond acceptors (Lipinski definition) is 7. The van der Waals surface area contributed by atoms with Crippen LogP contribution in [0.25, 0.3) is 28.1 Å². The lowest BCUT2D eigenvalue weighted by Crippen LogP contribution is -2.36. The maximum Gasteiger partial charge on any atom is 0.300 e. The van der Waals surface area contributed by atoms with Crippen LogP contribution in [-0.2, 0) is 21.5 Å². The Morgan fingerprint density at radius 2 is 1.73 bits per heavy atom. The van der Waals surface area contributed by atoms with E-state index in [1.54, 1.807) is 11.3 Å². The zero-order valence-corrected chi connectivity index (χ0v) is 24.3. The first kappa shape index (κ1) is 29.4. The number of aryl methyl sites for hydroxylation is 2. The van der Waals surface area contributed by atoms with Crippen LogP contribution < -0.4 is 9.47 Å². The Hall–Kier alpha value is -3.54. The van der Waals surface area contributed by atoms with Gasteiger partial charge < -0.3 is 14.6 Å². The lowest BCUT2D eigenvalue weighted by atomic mass is 10.1. The summed E-state index contributed by atoms with van der Waals surface area (Å²) < 4.78 is 38.8. The van der Waals surface area contributed by atoms with Crippen LogP contribution in [0.4, 0.5) is 5.82 Å². The molecule has 11 heteroatoms. The molecule has 212 valence electrons. The van der Waals surface area contributed by atoms with Crippen LogP contribution >= 0.6 is 11.3 Å². The van der Waals surface area contributed by atoms with Crippen molar-refractivity contribution in [2.75, 3.05) is 23.7 Å². The van der Waals surface area contributed by atoms with Crippen LogP contribution in [0.2, 0.25) is 0 Å². The van der Waals surface area contributed by atoms with E-state index in [1.807, 2.05) is 43.3 Å². The number of rotatable bonds is 8. The number of carboxylic acids is 1. The molecule has 9 nitrogen and oxygen atoms in total. The van der Waals surface area contributed by atoms with E-state index in [9.17, 15) is 13.0 Å². The Morgan fingerprint density at radius 1 is 1.07 bits per heavy atom. The van der Waals surface area contributed by atoms with Crippen molar-refractivity contribution in [3.8, 4) is 5.69 Å². The third kappa shape index (κ3) is 7.56. The number of para-hydroxylation sites is 2. The highest BCUT2D eigenvalue weighted by molar-refractivity contribution is 7.85. The van der Waals surface area contributed by atoms with Crippen LogP contribution in [0.5, 0.6) is 0 Å². The second-order valence-electron chi connectivity index (χ2n) is 9.65. The van der Waals surface area contributed by atoms with Crippen molar-refractivity contribution in [2.45, 2.75) is 46.1 Å². The second-order valence-corrected chi connectivity index (χ2v) is 12.2. The lowest BCUT2D eigenvalue weighted by molar-refractivity contribution is -0.668. The summed E-state index contributed by atoms with van der Waals surface area (Å²) in [4.78, 5) is 11.4. The van der Waals surface area contributed by atoms with Crippen molar-refractivity contribution >= 4 is 55.6 Å². The van der Waals surface area contributed by atoms with E-state index in [4.69, 9.17) is 15.0 Å². The summed E-state index contributed by atoms with van der Waals surface area (Å²) in [7, 11) is -4.24. The number of aromatic nitrogens is 3. The highest BCUT2D eigenvalue weighted by Crippen LogP contribution is 2.32. The predicted molar refractivity (Wildman–Crippen MR) is 158 cm³/mol. The van der Waals surface area contributed by atoms with E-state index < -0.39 is 16.1 Å². The van der Waals surface area contributed by atoms with Crippen molar-refractivity contribution in [2.24, 2.45) is 0 Å². The van der Waals surface area contributed by atoms with E-state index in [2.05, 4.69) is 44.5 Å². The Kier molecular flexibility index (Phi) is 9.72. The molecule has 4 aromatic rings. The average Bonchev–Trinajstić information content (AvgIpc) is 3.44. The summed E-state index contributed by atoms with van der Waals surface area (Å²) >= 11 is 1.66. The van der Waals surface area contributed by atoms with Gasteiger partial charge in [-0.1, -0.05) is 41.7 Å². The summed E-state index contributed by atoms with van der Waals surface area (Å²) in [5.74, 6) is -0.0881. The molecule has 2 aromatic carbocycles. The largest absolute Gasteiger partial charge is 0.748 e. The molecule has 2 aromatic heterocycles. The average molecular weight is 583 g/mol. The van der Waals surface area contributed by atoms with Gasteiger partial charge in [-0.25, -0.2) is 13.1 Å². The van der Waals surface area contributed by atoms with Gasteiger partial charge in [0.1, 0.15) is 10.5 Å². The number of benzene rings is 2. The van der Waals surface area contributed by atoms with Gasteiger partial charge in [-0.15, -0.1) is 0 Å². The molecule has 0 bridgehead atoms. The number of fused-ring (bicyclic) bond motifs is 1. The molecule has 0 radical (unpaired) electrons. The summed E-state index contributed by atoms with van der Waals surface area (Å²) in [5.41, 5.74) is 4.13. The van der Waals surface area contributed by atoms with Crippen molar-refractivity contribution in [1.82, 2.24) is 9.78 Å². The molecule has 0 spiro atoms. The lowest BCUT2D eigenvalue weighted by Gasteiger charge is -2.29. The smallest absolute Gasteiger partial charge is 0.300 e. The number of anilines is 1. The van der Waals surface area contributed by atoms with Gasteiger partial charge in [0, 0.05) is 49.9 Å². The monoisotopic (exact) mass is 582 g/mol. The highest BCUT2D eigenvalue weighted by atomic mass is 32.2. The van der Waals surface area contributed by atoms with Crippen LogP contribution in [0.15, 0.2) is 54.6 Å². The molecule has 0 amide bonds. The molecule has 1 aliphatic heterocycles. The molecule has 0 aliphatic carbocycles. The van der Waals surface area contributed by atoms with Gasteiger partial charge in [-0.2, -0.15) is 9.67 Å². The van der Waals surface area contributed by atoms with E-state index in [0.717, 1.165) is 58.0 Å². The van der Waals surface area contributed by atoms with Crippen molar-refractivity contribution in [3.63, 3.8) is 0 Å². The number of aliphatic carboxylic acids is 1. The summed E-state index contributed by atoms with van der Waals surface area (Å²) in [6.45, 7) is 5.60. The fraction of sp³-hybridized carbons (Fsp3) is 0.345. The summed E-state index contributed by atoms with van der Waals surface area (Å²) in [6, 6.07) is 18.3. The first-order valence-corrected chi connectivity index (χ1v) is 15.7. The van der Waals surface area contributed by atoms with E-state index in [1.165, 1.54) is 19.3 Å². The number of carboxylic acid groups (broad SMARTS) is 1. The second kappa shape index (κ2) is 13.2. The normalized spacial score (nSPS) is 13.9. The van der Waals surface area contributed by atoms with Crippen molar-refractivity contribution < 1.29 is 27.4 Å². The van der Waals surface area contributed by atoms with E-state index in [-0.39, 0.29) is 12.2 Å². The zero-order valence-electron chi connectivity index (χ0n) is 22.7. The first-order chi connectivity index (χ1) is 19.1. The van der Waals surface area contributed by atoms with Crippen LogP contribution in [0.3, 0.4) is 0 Å². The molecule has 1 fully saturated rings. The minimum absolute atomic E-state index is 0.280. The van der Waals surface area contributed by atoms with Gasteiger partial charge in [0.25, 0.3) is 11.0 Å². The molecule has 0 saturated carbocycles. The SMILES string of the molecule is CC(=O)O.Cc1nn(-c2ccccc2)c(N2CCCCC2)c1C=Cc1sc2ccccc2[n+]1CCCS(=O)(=O)[O-]. The topological polar surface area (TPSA) is 119 Å². The molecule has 5 rings (SSSR count). The third-order valence-corrected chi connectivity index (χ3v) is 8.46. The minimum atomic E-state index is -4.24. The maximum atomic E-state index is 11.2. The quantitative estimate of drug-likeness (QED) is 0.233. The Balaban J connectivity index is 0.000000867. The van der Waals surface area contributed by atoms with Crippen LogP contribution in [0, 0.1) is 6.92 Å². The van der Waals surface area contributed by atoms with E-state index in [0.29, 0.717) is 6.54 Å². The Morgan fingerprint density at radius 3 is 2.40 bits per heavy atom. The molecular weight excluding hydrogens is 548 g/mol. The van der Waals surface area contributed by atoms with Crippen LogP contribution in [0.1, 0.15) is 48.9 Å². The van der Waals surface area contributed by atoms with Gasteiger partial charge in [0.2, 0.25) is 5.52 Å². The van der Waals surface area contributed by atoms with Gasteiger partial charge in [0.05, 0.1) is 21.5 Å². The standard InChI is InChI=1S/C27H30N4O3S2.C2H4O2/c1-21-23(27(29-17-8-3-9-18-29)31(28-21)22-11-4-2-5-12-22)15-16-26-30(19-10-20-36(32,33)34)24-13-6-7-14-25(24)35-26;1-2(3)4/h2,4-7,11-16H,3,8-10,17-20H2,1H3;1H3,(H,3,4). The van der Waals surface area contributed by atoms with Gasteiger partial charge in [-0.05, 0) is 50.5 Å². The highest BCUT2D eigenvalue weighted by Gasteiger charge is 2.23. The van der Waals surface area contributed by atoms with Crippen molar-refractivity contribution in [3.05, 3.63) is 70.9 Å². The minimum Gasteiger partial charge on any atom is -0.748 e. The van der Waals surface area contributed by atoms with Gasteiger partial charge in [-0.3, -0.25) is 4.79 Å². The molecule has 40 heavy (non-hydrogen) atoms. The maximum absolute atomic E-state index is 11.2. The molecule has 1 N–H and O–H groups in total. The van der Waals surface area contributed by atoms with Crippen molar-refractivity contribution in [1.29, 1.82) is 0 Å². The summed E-state index contributed by atoms with van der Waals surface area (Å²) in [6.07, 6.45) is 8.10. The number of carbonyl (C=O) groups is 1. The number of thiazole rings is 1. The molecule has 3 heterocycles. The molecular formula is C29H34N4O5S2. The molecule has 0 atom stereocenters. The fourth-order valence-corrected chi connectivity index (χ4v) is 6.42. The third-order valence-electron chi connectivity index (χ3n) is 6.54. The number of piperidine rings is 1. The fourth-order valence-electron chi connectivity index (χ4n) is 4.84. The number of nitrogens with zero attached hydrogens (tertiary/aromatic N) is 4. The van der Waals surface area contributed by atoms with Gasteiger partial charge >= 0.3 is 0 Å². The first-order valence-electron chi connectivity index (χ1n) is 13.3. The predicted octanol–water partition coefficient (Wildman–Crippen LogP) is 4.87. The Bertz CT molecular complexity index is 1580. The number of hydrogen-bond donors (Lipinski definition) is 1.